The number of halogens is 1. The van der Waals surface area contributed by atoms with Crippen molar-refractivity contribution in [2.45, 2.75) is 26.3 Å². The zero-order chi connectivity index (χ0) is 12.2. The van der Waals surface area contributed by atoms with E-state index in [0.717, 1.165) is 0 Å². The maximum atomic E-state index is 13.2. The van der Waals surface area contributed by atoms with E-state index in [9.17, 15) is 9.18 Å². The molecule has 0 spiro atoms. The summed E-state index contributed by atoms with van der Waals surface area (Å²) >= 11 is 0. The van der Waals surface area contributed by atoms with E-state index >= 15 is 0 Å². The van der Waals surface area contributed by atoms with Crippen LogP contribution in [0.3, 0.4) is 0 Å². The molecule has 0 radical (unpaired) electrons. The number of carbonyl (C=O) groups is 1. The lowest BCUT2D eigenvalue weighted by Gasteiger charge is -2.18. The third-order valence-corrected chi connectivity index (χ3v) is 1.82. The minimum Gasteiger partial charge on any atom is -0.348 e. The topological polar surface area (TPSA) is 29.1 Å². The SMILES string of the molecule is CC(C)(C)NC(=O)C=Cc1ccccc1F. The molecule has 1 rings (SSSR count). The van der Waals surface area contributed by atoms with Crippen LogP contribution in [0.1, 0.15) is 26.3 Å². The van der Waals surface area contributed by atoms with Crippen LogP contribution >= 0.6 is 0 Å². The number of hydrogen-bond donors (Lipinski definition) is 1. The molecule has 16 heavy (non-hydrogen) atoms. The molecule has 2 nitrogen and oxygen atoms in total. The molecule has 0 atom stereocenters. The van der Waals surface area contributed by atoms with Crippen LogP contribution < -0.4 is 5.32 Å². The number of hydrogen-bond acceptors (Lipinski definition) is 1. The van der Waals surface area contributed by atoms with Crippen LogP contribution in [0.5, 0.6) is 0 Å². The molecular weight excluding hydrogens is 205 g/mol. The normalized spacial score (nSPS) is 11.8. The highest BCUT2D eigenvalue weighted by atomic mass is 19.1. The molecule has 0 heterocycles. The van der Waals surface area contributed by atoms with Gasteiger partial charge in [0.25, 0.3) is 0 Å². The first-order valence-electron chi connectivity index (χ1n) is 5.13. The molecule has 0 saturated heterocycles. The molecule has 0 fully saturated rings. The van der Waals surface area contributed by atoms with Crippen molar-refractivity contribution in [1.82, 2.24) is 5.32 Å². The second-order valence-electron chi connectivity index (χ2n) is 4.59. The van der Waals surface area contributed by atoms with E-state index < -0.39 is 0 Å². The highest BCUT2D eigenvalue weighted by molar-refractivity contribution is 5.92. The Hall–Kier alpha value is -1.64. The summed E-state index contributed by atoms with van der Waals surface area (Å²) in [6.45, 7) is 5.67. The van der Waals surface area contributed by atoms with Crippen LogP contribution in [0.2, 0.25) is 0 Å². The molecule has 0 saturated carbocycles. The van der Waals surface area contributed by atoms with Crippen molar-refractivity contribution in [3.63, 3.8) is 0 Å². The first-order valence-corrected chi connectivity index (χ1v) is 5.13. The summed E-state index contributed by atoms with van der Waals surface area (Å²) in [7, 11) is 0. The summed E-state index contributed by atoms with van der Waals surface area (Å²) < 4.78 is 13.2. The van der Waals surface area contributed by atoms with Crippen LogP contribution in [-0.2, 0) is 4.79 Å². The smallest absolute Gasteiger partial charge is 0.244 e. The van der Waals surface area contributed by atoms with Crippen LogP contribution in [0, 0.1) is 5.82 Å². The molecule has 3 heteroatoms. The third kappa shape index (κ3) is 4.26. The molecule has 0 unspecified atom stereocenters. The Morgan fingerprint density at radius 2 is 1.94 bits per heavy atom. The zero-order valence-electron chi connectivity index (χ0n) is 9.75. The highest BCUT2D eigenvalue weighted by Crippen LogP contribution is 2.08. The van der Waals surface area contributed by atoms with Gasteiger partial charge in [0.15, 0.2) is 0 Å². The van der Waals surface area contributed by atoms with Gasteiger partial charge < -0.3 is 5.32 Å². The lowest BCUT2D eigenvalue weighted by molar-refractivity contribution is -0.117. The zero-order valence-corrected chi connectivity index (χ0v) is 9.75. The third-order valence-electron chi connectivity index (χ3n) is 1.82. The number of carbonyl (C=O) groups excluding carboxylic acids is 1. The average Bonchev–Trinajstić information content (AvgIpc) is 2.14. The summed E-state index contributed by atoms with van der Waals surface area (Å²) in [5.41, 5.74) is 0.128. The van der Waals surface area contributed by atoms with Gasteiger partial charge in [-0.25, -0.2) is 4.39 Å². The van der Waals surface area contributed by atoms with Gasteiger partial charge in [-0.15, -0.1) is 0 Å². The van der Waals surface area contributed by atoms with Crippen molar-refractivity contribution in [1.29, 1.82) is 0 Å². The second-order valence-corrected chi connectivity index (χ2v) is 4.59. The first-order chi connectivity index (χ1) is 7.38. The van der Waals surface area contributed by atoms with Crippen molar-refractivity contribution in [2.24, 2.45) is 0 Å². The van der Waals surface area contributed by atoms with E-state index in [1.54, 1.807) is 18.2 Å². The Labute approximate surface area is 95.2 Å². The average molecular weight is 221 g/mol. The summed E-state index contributed by atoms with van der Waals surface area (Å²) in [6, 6.07) is 6.32. The molecule has 1 aromatic rings. The Morgan fingerprint density at radius 3 is 2.50 bits per heavy atom. The Kier molecular flexibility index (Phi) is 3.82. The van der Waals surface area contributed by atoms with E-state index in [4.69, 9.17) is 0 Å². The summed E-state index contributed by atoms with van der Waals surface area (Å²) in [6.07, 6.45) is 2.81. The van der Waals surface area contributed by atoms with Crippen LogP contribution in [-0.4, -0.2) is 11.4 Å². The van der Waals surface area contributed by atoms with E-state index in [0.29, 0.717) is 5.56 Å². The molecule has 86 valence electrons. The fourth-order valence-electron chi connectivity index (χ4n) is 1.19. The number of rotatable bonds is 2. The van der Waals surface area contributed by atoms with E-state index in [2.05, 4.69) is 5.32 Å². The maximum absolute atomic E-state index is 13.2. The summed E-state index contributed by atoms with van der Waals surface area (Å²) in [5, 5.41) is 2.76. The molecule has 0 aliphatic heterocycles. The fraction of sp³-hybridized carbons (Fsp3) is 0.308. The monoisotopic (exact) mass is 221 g/mol. The first kappa shape index (κ1) is 12.4. The minimum absolute atomic E-state index is 0.226. The Balaban J connectivity index is 2.68. The summed E-state index contributed by atoms with van der Waals surface area (Å²) in [4.78, 5) is 11.4. The van der Waals surface area contributed by atoms with Crippen LogP contribution in [0.15, 0.2) is 30.3 Å². The molecule has 1 aromatic carbocycles. The van der Waals surface area contributed by atoms with Gasteiger partial charge in [0.1, 0.15) is 5.82 Å². The van der Waals surface area contributed by atoms with Gasteiger partial charge in [0.2, 0.25) is 5.91 Å². The van der Waals surface area contributed by atoms with Crippen molar-refractivity contribution in [2.75, 3.05) is 0 Å². The lowest BCUT2D eigenvalue weighted by Crippen LogP contribution is -2.39. The van der Waals surface area contributed by atoms with Crippen LogP contribution in [0.25, 0.3) is 6.08 Å². The standard InChI is InChI=1S/C13H16FNO/c1-13(2,3)15-12(16)9-8-10-6-4-5-7-11(10)14/h4-9H,1-3H3,(H,15,16). The van der Waals surface area contributed by atoms with Gasteiger partial charge in [0, 0.05) is 17.2 Å². The van der Waals surface area contributed by atoms with Crippen LogP contribution in [0.4, 0.5) is 4.39 Å². The Bertz CT molecular complexity index is 405. The van der Waals surface area contributed by atoms with Crippen molar-refractivity contribution >= 4 is 12.0 Å². The van der Waals surface area contributed by atoms with Gasteiger partial charge in [-0.3, -0.25) is 4.79 Å². The fourth-order valence-corrected chi connectivity index (χ4v) is 1.19. The van der Waals surface area contributed by atoms with E-state index in [1.807, 2.05) is 20.8 Å². The second kappa shape index (κ2) is 4.92. The van der Waals surface area contributed by atoms with Gasteiger partial charge >= 0.3 is 0 Å². The lowest BCUT2D eigenvalue weighted by atomic mass is 10.1. The molecular formula is C13H16FNO. The van der Waals surface area contributed by atoms with Gasteiger partial charge in [-0.05, 0) is 32.9 Å². The number of benzene rings is 1. The molecule has 0 aliphatic carbocycles. The van der Waals surface area contributed by atoms with Gasteiger partial charge in [-0.1, -0.05) is 18.2 Å². The Morgan fingerprint density at radius 1 is 1.31 bits per heavy atom. The van der Waals surface area contributed by atoms with E-state index in [-0.39, 0.29) is 17.3 Å². The van der Waals surface area contributed by atoms with Gasteiger partial charge in [-0.2, -0.15) is 0 Å². The molecule has 1 N–H and O–H groups in total. The van der Waals surface area contributed by atoms with Gasteiger partial charge in [0.05, 0.1) is 0 Å². The van der Waals surface area contributed by atoms with Crippen molar-refractivity contribution < 1.29 is 9.18 Å². The predicted octanol–water partition coefficient (Wildman–Crippen LogP) is 2.75. The largest absolute Gasteiger partial charge is 0.348 e. The molecule has 0 bridgehead atoms. The quantitative estimate of drug-likeness (QED) is 0.764. The number of nitrogens with one attached hydrogen (secondary N) is 1. The minimum atomic E-state index is -0.331. The predicted molar refractivity (Wildman–Crippen MR) is 63.3 cm³/mol. The van der Waals surface area contributed by atoms with E-state index in [1.165, 1.54) is 18.2 Å². The highest BCUT2D eigenvalue weighted by Gasteiger charge is 2.11. The summed E-state index contributed by atoms with van der Waals surface area (Å²) in [5.74, 6) is -0.557. The number of amides is 1. The molecule has 1 amide bonds. The van der Waals surface area contributed by atoms with Crippen molar-refractivity contribution in [3.05, 3.63) is 41.7 Å². The molecule has 0 aromatic heterocycles. The maximum Gasteiger partial charge on any atom is 0.244 e. The van der Waals surface area contributed by atoms with Crippen molar-refractivity contribution in [3.8, 4) is 0 Å². The molecule has 0 aliphatic rings.